The topological polar surface area (TPSA) is 81.7 Å². The van der Waals surface area contributed by atoms with Gasteiger partial charge >= 0.3 is 12.1 Å². The Labute approximate surface area is 129 Å². The number of unbranched alkanes of at least 4 members (excludes halogenated alkanes) is 1. The zero-order valence-electron chi connectivity index (χ0n) is 12.8. The number of hydrogen-bond donors (Lipinski definition) is 1. The second-order valence-electron chi connectivity index (χ2n) is 4.60. The first-order valence-electron chi connectivity index (χ1n) is 7.31. The van der Waals surface area contributed by atoms with E-state index in [1.807, 2.05) is 6.92 Å². The molecule has 1 aromatic rings. The average Bonchev–Trinajstić information content (AvgIpc) is 2.51. The Hall–Kier alpha value is -2.37. The van der Waals surface area contributed by atoms with Gasteiger partial charge in [-0.1, -0.05) is 31.5 Å². The number of hydrogen-bond acceptors (Lipinski definition) is 5. The zero-order chi connectivity index (χ0) is 16.4. The van der Waals surface area contributed by atoms with E-state index in [2.05, 4.69) is 5.32 Å². The molecule has 22 heavy (non-hydrogen) atoms. The lowest BCUT2D eigenvalue weighted by atomic mass is 10.1. The smallest absolute Gasteiger partial charge is 0.413 e. The number of benzene rings is 1. The minimum absolute atomic E-state index is 0.131. The summed E-state index contributed by atoms with van der Waals surface area (Å²) in [5, 5.41) is 2.27. The van der Waals surface area contributed by atoms with Crippen molar-refractivity contribution in [3.63, 3.8) is 0 Å². The molecule has 6 nitrogen and oxygen atoms in total. The molecule has 1 unspecified atom stereocenters. The number of ketones is 1. The molecule has 0 aliphatic carbocycles. The van der Waals surface area contributed by atoms with Crippen LogP contribution in [0, 0.1) is 0 Å². The van der Waals surface area contributed by atoms with Crippen molar-refractivity contribution in [1.29, 1.82) is 0 Å². The van der Waals surface area contributed by atoms with Gasteiger partial charge in [0, 0.05) is 6.42 Å². The van der Waals surface area contributed by atoms with E-state index in [1.54, 1.807) is 37.3 Å². The van der Waals surface area contributed by atoms with Crippen LogP contribution in [-0.2, 0) is 14.3 Å². The summed E-state index contributed by atoms with van der Waals surface area (Å²) in [6.07, 6.45) is 0.792. The molecule has 1 N–H and O–H groups in total. The first-order valence-corrected chi connectivity index (χ1v) is 7.31. The van der Waals surface area contributed by atoms with Gasteiger partial charge in [0.2, 0.25) is 0 Å². The molecule has 0 saturated carbocycles. The molecule has 0 aliphatic heterocycles. The van der Waals surface area contributed by atoms with Crippen LogP contribution in [0.15, 0.2) is 30.3 Å². The molecular weight excluding hydrogens is 286 g/mol. The third-order valence-electron chi connectivity index (χ3n) is 2.84. The van der Waals surface area contributed by atoms with E-state index >= 15 is 0 Å². The van der Waals surface area contributed by atoms with Gasteiger partial charge in [0.15, 0.2) is 11.8 Å². The van der Waals surface area contributed by atoms with E-state index in [0.717, 1.165) is 6.42 Å². The monoisotopic (exact) mass is 307 g/mol. The molecule has 6 heteroatoms. The highest BCUT2D eigenvalue weighted by Gasteiger charge is 2.29. The SMILES string of the molecule is CCCCC(=O)C(NC(=O)Oc1ccccc1)C(=O)OCC. The van der Waals surface area contributed by atoms with Crippen molar-refractivity contribution in [2.24, 2.45) is 0 Å². The summed E-state index contributed by atoms with van der Waals surface area (Å²) in [4.78, 5) is 35.7. The van der Waals surface area contributed by atoms with Gasteiger partial charge in [-0.15, -0.1) is 0 Å². The van der Waals surface area contributed by atoms with Gasteiger partial charge in [-0.3, -0.25) is 4.79 Å². The molecular formula is C16H21NO5. The predicted molar refractivity (Wildman–Crippen MR) is 80.6 cm³/mol. The molecule has 1 aromatic carbocycles. The number of rotatable bonds is 8. The Bertz CT molecular complexity index is 501. The first kappa shape index (κ1) is 17.7. The van der Waals surface area contributed by atoms with Crippen LogP contribution in [0.2, 0.25) is 0 Å². The minimum atomic E-state index is -1.33. The Morgan fingerprint density at radius 2 is 1.82 bits per heavy atom. The third kappa shape index (κ3) is 5.95. The van der Waals surface area contributed by atoms with E-state index < -0.39 is 18.1 Å². The van der Waals surface area contributed by atoms with Gasteiger partial charge in [-0.05, 0) is 25.5 Å². The molecule has 0 heterocycles. The Morgan fingerprint density at radius 3 is 2.41 bits per heavy atom. The largest absolute Gasteiger partial charge is 0.464 e. The number of carbonyl (C=O) groups is 3. The normalized spacial score (nSPS) is 11.4. The molecule has 0 fully saturated rings. The van der Waals surface area contributed by atoms with Crippen molar-refractivity contribution in [1.82, 2.24) is 5.32 Å². The lowest BCUT2D eigenvalue weighted by Crippen LogP contribution is -2.48. The van der Waals surface area contributed by atoms with Crippen molar-refractivity contribution in [3.8, 4) is 5.75 Å². The average molecular weight is 307 g/mol. The number of para-hydroxylation sites is 1. The van der Waals surface area contributed by atoms with Crippen molar-refractivity contribution in [2.45, 2.75) is 39.2 Å². The summed E-state index contributed by atoms with van der Waals surface area (Å²) in [6.45, 7) is 3.70. The molecule has 0 saturated heterocycles. The molecule has 1 rings (SSSR count). The molecule has 0 spiro atoms. The van der Waals surface area contributed by atoms with E-state index in [1.165, 1.54) is 0 Å². The van der Waals surface area contributed by atoms with Crippen LogP contribution in [0.25, 0.3) is 0 Å². The molecule has 1 atom stereocenters. The molecule has 120 valence electrons. The molecule has 1 amide bonds. The van der Waals surface area contributed by atoms with Crippen molar-refractivity contribution >= 4 is 17.8 Å². The number of nitrogens with one attached hydrogen (secondary N) is 1. The van der Waals surface area contributed by atoms with Crippen LogP contribution >= 0.6 is 0 Å². The molecule has 0 aliphatic rings. The Kier molecular flexibility index (Phi) is 7.67. The fourth-order valence-corrected chi connectivity index (χ4v) is 1.73. The summed E-state index contributed by atoms with van der Waals surface area (Å²) in [5.74, 6) is -0.831. The van der Waals surface area contributed by atoms with Crippen molar-refractivity contribution in [3.05, 3.63) is 30.3 Å². The van der Waals surface area contributed by atoms with Crippen LogP contribution in [0.5, 0.6) is 5.75 Å². The van der Waals surface area contributed by atoms with Gasteiger partial charge in [0.25, 0.3) is 0 Å². The summed E-state index contributed by atoms with van der Waals surface area (Å²) in [5.41, 5.74) is 0. The Balaban J connectivity index is 2.68. The number of carbonyl (C=O) groups excluding carboxylic acids is 3. The van der Waals surface area contributed by atoms with Crippen LogP contribution in [0.3, 0.4) is 0 Å². The van der Waals surface area contributed by atoms with E-state index in [4.69, 9.17) is 9.47 Å². The van der Waals surface area contributed by atoms with Crippen molar-refractivity contribution in [2.75, 3.05) is 6.61 Å². The maximum absolute atomic E-state index is 12.0. The van der Waals surface area contributed by atoms with Gasteiger partial charge in [-0.25, -0.2) is 9.59 Å². The zero-order valence-corrected chi connectivity index (χ0v) is 12.8. The van der Waals surface area contributed by atoms with Gasteiger partial charge in [0.1, 0.15) is 5.75 Å². The van der Waals surface area contributed by atoms with Crippen molar-refractivity contribution < 1.29 is 23.9 Å². The lowest BCUT2D eigenvalue weighted by molar-refractivity contribution is -0.148. The number of amides is 1. The van der Waals surface area contributed by atoms with Gasteiger partial charge in [0.05, 0.1) is 6.61 Å². The van der Waals surface area contributed by atoms with Crippen LogP contribution < -0.4 is 10.1 Å². The number of Topliss-reactive ketones (excluding diaryl/α,β-unsaturated/α-hetero) is 1. The number of esters is 1. The number of ether oxygens (including phenoxy) is 2. The van der Waals surface area contributed by atoms with Crippen LogP contribution in [0.1, 0.15) is 33.1 Å². The third-order valence-corrected chi connectivity index (χ3v) is 2.84. The minimum Gasteiger partial charge on any atom is -0.464 e. The summed E-state index contributed by atoms with van der Waals surface area (Å²) < 4.78 is 9.84. The highest BCUT2D eigenvalue weighted by Crippen LogP contribution is 2.09. The van der Waals surface area contributed by atoms with Crippen LogP contribution in [-0.4, -0.2) is 30.5 Å². The van der Waals surface area contributed by atoms with E-state index in [-0.39, 0.29) is 18.8 Å². The van der Waals surface area contributed by atoms with E-state index in [9.17, 15) is 14.4 Å². The second-order valence-corrected chi connectivity index (χ2v) is 4.60. The lowest BCUT2D eigenvalue weighted by Gasteiger charge is -2.16. The highest BCUT2D eigenvalue weighted by molar-refractivity contribution is 6.05. The molecule has 0 aromatic heterocycles. The predicted octanol–water partition coefficient (Wildman–Crippen LogP) is 2.47. The Morgan fingerprint density at radius 1 is 1.14 bits per heavy atom. The van der Waals surface area contributed by atoms with Gasteiger partial charge in [-0.2, -0.15) is 0 Å². The maximum atomic E-state index is 12.0. The highest BCUT2D eigenvalue weighted by atomic mass is 16.6. The van der Waals surface area contributed by atoms with Crippen LogP contribution in [0.4, 0.5) is 4.79 Å². The molecule has 0 bridgehead atoms. The fourth-order valence-electron chi connectivity index (χ4n) is 1.73. The second kappa shape index (κ2) is 9.55. The van der Waals surface area contributed by atoms with E-state index in [0.29, 0.717) is 12.2 Å². The summed E-state index contributed by atoms with van der Waals surface area (Å²) >= 11 is 0. The summed E-state index contributed by atoms with van der Waals surface area (Å²) in [6, 6.07) is 7.05. The molecule has 0 radical (unpaired) electrons. The fraction of sp³-hybridized carbons (Fsp3) is 0.438. The first-order chi connectivity index (χ1) is 10.6. The maximum Gasteiger partial charge on any atom is 0.413 e. The quantitative estimate of drug-likeness (QED) is 0.589. The van der Waals surface area contributed by atoms with Gasteiger partial charge < -0.3 is 14.8 Å². The summed E-state index contributed by atoms with van der Waals surface area (Å²) in [7, 11) is 0. The standard InChI is InChI=1S/C16H21NO5/c1-3-5-11-13(18)14(15(19)21-4-2)17-16(20)22-12-9-7-6-8-10-12/h6-10,14H,3-5,11H2,1-2H3,(H,17,20).